The van der Waals surface area contributed by atoms with E-state index >= 15 is 0 Å². The second-order valence-electron chi connectivity index (χ2n) is 2.82. The van der Waals surface area contributed by atoms with Gasteiger partial charge in [-0.1, -0.05) is 11.6 Å². The SMILES string of the molecule is Cc1ccc(-n2ncc(Cl)c2N)nn1. The van der Waals surface area contributed by atoms with E-state index in [1.807, 2.05) is 13.0 Å². The van der Waals surface area contributed by atoms with E-state index in [9.17, 15) is 0 Å². The number of anilines is 1. The van der Waals surface area contributed by atoms with Crippen LogP contribution in [0.4, 0.5) is 5.82 Å². The van der Waals surface area contributed by atoms with Gasteiger partial charge in [0.2, 0.25) is 0 Å². The fourth-order valence-electron chi connectivity index (χ4n) is 1.03. The van der Waals surface area contributed by atoms with Crippen LogP contribution in [-0.2, 0) is 0 Å². The standard InChI is InChI=1S/C8H8ClN5/c1-5-2-3-7(13-12-5)14-8(10)6(9)4-11-14/h2-4H,10H2,1H3. The number of aromatic nitrogens is 4. The van der Waals surface area contributed by atoms with E-state index in [1.165, 1.54) is 10.9 Å². The number of hydrogen-bond donors (Lipinski definition) is 1. The fraction of sp³-hybridized carbons (Fsp3) is 0.125. The molecule has 6 heteroatoms. The Kier molecular flexibility index (Phi) is 2.09. The Bertz CT molecular complexity index is 447. The monoisotopic (exact) mass is 209 g/mol. The minimum absolute atomic E-state index is 0.366. The van der Waals surface area contributed by atoms with E-state index in [2.05, 4.69) is 15.3 Å². The first kappa shape index (κ1) is 8.96. The van der Waals surface area contributed by atoms with Crippen molar-refractivity contribution in [2.24, 2.45) is 0 Å². The molecule has 0 aromatic carbocycles. The molecule has 0 saturated carbocycles. The first-order valence-corrected chi connectivity index (χ1v) is 4.36. The zero-order chi connectivity index (χ0) is 10.1. The van der Waals surface area contributed by atoms with Crippen LogP contribution in [0.3, 0.4) is 0 Å². The lowest BCUT2D eigenvalue weighted by Gasteiger charge is -2.01. The molecular weight excluding hydrogens is 202 g/mol. The van der Waals surface area contributed by atoms with Gasteiger partial charge in [-0.2, -0.15) is 14.9 Å². The number of nitrogen functional groups attached to an aromatic ring is 1. The zero-order valence-corrected chi connectivity index (χ0v) is 8.23. The molecule has 2 aromatic heterocycles. The van der Waals surface area contributed by atoms with E-state index in [4.69, 9.17) is 17.3 Å². The molecule has 5 nitrogen and oxygen atoms in total. The van der Waals surface area contributed by atoms with Crippen LogP contribution in [0.15, 0.2) is 18.3 Å². The molecule has 72 valence electrons. The van der Waals surface area contributed by atoms with Crippen LogP contribution in [0, 0.1) is 6.92 Å². The molecule has 0 aliphatic rings. The molecule has 2 rings (SSSR count). The first-order valence-electron chi connectivity index (χ1n) is 3.98. The molecule has 2 N–H and O–H groups in total. The van der Waals surface area contributed by atoms with Gasteiger partial charge in [0.15, 0.2) is 5.82 Å². The molecule has 14 heavy (non-hydrogen) atoms. The minimum atomic E-state index is 0.366. The van der Waals surface area contributed by atoms with Crippen LogP contribution in [0.25, 0.3) is 5.82 Å². The molecule has 0 spiro atoms. The van der Waals surface area contributed by atoms with Crippen LogP contribution in [-0.4, -0.2) is 20.0 Å². The van der Waals surface area contributed by atoms with Crippen molar-refractivity contribution >= 4 is 17.4 Å². The molecule has 0 amide bonds. The van der Waals surface area contributed by atoms with E-state index in [1.54, 1.807) is 6.07 Å². The largest absolute Gasteiger partial charge is 0.382 e. The van der Waals surface area contributed by atoms with Gasteiger partial charge in [0, 0.05) is 0 Å². The highest BCUT2D eigenvalue weighted by molar-refractivity contribution is 6.32. The molecular formula is C8H8ClN5. The van der Waals surface area contributed by atoms with E-state index in [0.29, 0.717) is 16.7 Å². The maximum Gasteiger partial charge on any atom is 0.178 e. The number of hydrogen-bond acceptors (Lipinski definition) is 4. The average molecular weight is 210 g/mol. The number of nitrogens with zero attached hydrogens (tertiary/aromatic N) is 4. The molecule has 2 aromatic rings. The van der Waals surface area contributed by atoms with E-state index < -0.39 is 0 Å². The number of halogens is 1. The van der Waals surface area contributed by atoms with Crippen molar-refractivity contribution in [2.75, 3.05) is 5.73 Å². The minimum Gasteiger partial charge on any atom is -0.382 e. The number of nitrogens with two attached hydrogens (primary N) is 1. The summed E-state index contributed by atoms with van der Waals surface area (Å²) in [6.07, 6.45) is 1.47. The summed E-state index contributed by atoms with van der Waals surface area (Å²) in [5.41, 5.74) is 6.51. The molecule has 0 fully saturated rings. The van der Waals surface area contributed by atoms with Crippen molar-refractivity contribution in [3.63, 3.8) is 0 Å². The summed E-state index contributed by atoms with van der Waals surface area (Å²) < 4.78 is 1.44. The Hall–Kier alpha value is -1.62. The lowest BCUT2D eigenvalue weighted by atomic mass is 10.4. The Morgan fingerprint density at radius 2 is 2.14 bits per heavy atom. The third kappa shape index (κ3) is 1.42. The third-order valence-corrected chi connectivity index (χ3v) is 2.05. The molecule has 0 unspecified atom stereocenters. The second kappa shape index (κ2) is 3.26. The molecule has 0 radical (unpaired) electrons. The van der Waals surface area contributed by atoms with Crippen LogP contribution in [0.1, 0.15) is 5.69 Å². The third-order valence-electron chi connectivity index (χ3n) is 1.76. The smallest absolute Gasteiger partial charge is 0.178 e. The number of aryl methyl sites for hydroxylation is 1. The zero-order valence-electron chi connectivity index (χ0n) is 7.48. The molecule has 0 aliphatic carbocycles. The predicted octanol–water partition coefficient (Wildman–Crippen LogP) is 1.21. The van der Waals surface area contributed by atoms with Gasteiger partial charge < -0.3 is 5.73 Å². The Morgan fingerprint density at radius 3 is 2.64 bits per heavy atom. The molecule has 0 bridgehead atoms. The van der Waals surface area contributed by atoms with Crippen molar-refractivity contribution in [1.29, 1.82) is 0 Å². The normalized spacial score (nSPS) is 10.4. The van der Waals surface area contributed by atoms with Gasteiger partial charge in [-0.3, -0.25) is 0 Å². The van der Waals surface area contributed by atoms with E-state index in [0.717, 1.165) is 5.69 Å². The number of rotatable bonds is 1. The summed E-state index contributed by atoms with van der Waals surface area (Å²) in [6.45, 7) is 1.86. The van der Waals surface area contributed by atoms with Gasteiger partial charge in [0.25, 0.3) is 0 Å². The average Bonchev–Trinajstić information content (AvgIpc) is 2.50. The van der Waals surface area contributed by atoms with Gasteiger partial charge in [-0.05, 0) is 19.1 Å². The van der Waals surface area contributed by atoms with Crippen LogP contribution >= 0.6 is 11.6 Å². The summed E-state index contributed by atoms with van der Waals surface area (Å²) in [4.78, 5) is 0. The molecule has 2 heterocycles. The van der Waals surface area contributed by atoms with Crippen molar-refractivity contribution in [3.05, 3.63) is 29.0 Å². The Morgan fingerprint density at radius 1 is 1.36 bits per heavy atom. The first-order chi connectivity index (χ1) is 6.68. The van der Waals surface area contributed by atoms with Gasteiger partial charge >= 0.3 is 0 Å². The highest BCUT2D eigenvalue weighted by Crippen LogP contribution is 2.19. The quantitative estimate of drug-likeness (QED) is 0.767. The van der Waals surface area contributed by atoms with Crippen molar-refractivity contribution in [2.45, 2.75) is 6.92 Å². The molecule has 0 saturated heterocycles. The van der Waals surface area contributed by atoms with E-state index in [-0.39, 0.29) is 0 Å². The lowest BCUT2D eigenvalue weighted by molar-refractivity contribution is 0.814. The van der Waals surface area contributed by atoms with Gasteiger partial charge in [-0.15, -0.1) is 5.10 Å². The summed E-state index contributed by atoms with van der Waals surface area (Å²) in [5, 5.41) is 12.2. The predicted molar refractivity (Wildman–Crippen MR) is 53.3 cm³/mol. The topological polar surface area (TPSA) is 69.6 Å². The highest BCUT2D eigenvalue weighted by atomic mass is 35.5. The second-order valence-corrected chi connectivity index (χ2v) is 3.23. The van der Waals surface area contributed by atoms with Gasteiger partial charge in [0.1, 0.15) is 10.8 Å². The van der Waals surface area contributed by atoms with Crippen LogP contribution in [0.5, 0.6) is 0 Å². The maximum absolute atomic E-state index is 5.75. The maximum atomic E-state index is 5.75. The van der Waals surface area contributed by atoms with Gasteiger partial charge in [-0.25, -0.2) is 0 Å². The Labute approximate surface area is 85.5 Å². The summed E-state index contributed by atoms with van der Waals surface area (Å²) in [5.74, 6) is 0.921. The fourth-order valence-corrected chi connectivity index (χ4v) is 1.15. The molecule has 0 aliphatic heterocycles. The van der Waals surface area contributed by atoms with Gasteiger partial charge in [0.05, 0.1) is 11.9 Å². The molecule has 0 atom stereocenters. The summed E-state index contributed by atoms with van der Waals surface area (Å²) >= 11 is 5.75. The van der Waals surface area contributed by atoms with Crippen molar-refractivity contribution in [1.82, 2.24) is 20.0 Å². The summed E-state index contributed by atoms with van der Waals surface area (Å²) in [7, 11) is 0. The van der Waals surface area contributed by atoms with Crippen LogP contribution < -0.4 is 5.73 Å². The van der Waals surface area contributed by atoms with Crippen molar-refractivity contribution < 1.29 is 0 Å². The van der Waals surface area contributed by atoms with Crippen molar-refractivity contribution in [3.8, 4) is 5.82 Å². The highest BCUT2D eigenvalue weighted by Gasteiger charge is 2.07. The Balaban J connectivity index is 2.49. The van der Waals surface area contributed by atoms with Crippen LogP contribution in [0.2, 0.25) is 5.02 Å². The lowest BCUT2D eigenvalue weighted by Crippen LogP contribution is -2.05. The summed E-state index contributed by atoms with van der Waals surface area (Å²) in [6, 6.07) is 3.61.